The molecule has 0 aliphatic heterocycles. The number of hydrogen-bond acceptors (Lipinski definition) is 1. The lowest BCUT2D eigenvalue weighted by molar-refractivity contribution is 0.345. The largest absolute Gasteiger partial charge is 0.310 e. The van der Waals surface area contributed by atoms with Crippen LogP contribution in [0.15, 0.2) is 28.7 Å². The van der Waals surface area contributed by atoms with Gasteiger partial charge in [-0.25, -0.2) is 0 Å². The van der Waals surface area contributed by atoms with E-state index >= 15 is 0 Å². The lowest BCUT2D eigenvalue weighted by Crippen LogP contribution is -2.41. The summed E-state index contributed by atoms with van der Waals surface area (Å²) in [5.74, 6) is 0. The molecule has 2 rings (SSSR count). The van der Waals surface area contributed by atoms with Crippen molar-refractivity contribution in [2.75, 3.05) is 0 Å². The third kappa shape index (κ3) is 2.50. The van der Waals surface area contributed by atoms with E-state index in [-0.39, 0.29) is 0 Å². The molecule has 1 fully saturated rings. The molecule has 1 aromatic rings. The van der Waals surface area contributed by atoms with Crippen molar-refractivity contribution < 1.29 is 0 Å². The fraction of sp³-hybridized carbons (Fsp3) is 0.455. The molecule has 1 N–H and O–H groups in total. The quantitative estimate of drug-likeness (QED) is 0.834. The molecule has 0 unspecified atom stereocenters. The number of hydrogen-bond donors (Lipinski definition) is 1. The highest BCUT2D eigenvalue weighted by Crippen LogP contribution is 2.26. The Morgan fingerprint density at radius 2 is 2.07 bits per heavy atom. The SMILES string of the molecule is ClC1CC(NCc2ccccc2Br)C1. The minimum absolute atomic E-state index is 0.395. The van der Waals surface area contributed by atoms with Crippen molar-refractivity contribution in [3.05, 3.63) is 34.3 Å². The van der Waals surface area contributed by atoms with E-state index < -0.39 is 0 Å². The second-order valence-electron chi connectivity index (χ2n) is 3.74. The minimum Gasteiger partial charge on any atom is -0.310 e. The lowest BCUT2D eigenvalue weighted by Gasteiger charge is -2.31. The van der Waals surface area contributed by atoms with Gasteiger partial charge in [0.05, 0.1) is 0 Å². The molecular weight excluding hydrogens is 261 g/mol. The first-order valence-corrected chi connectivity index (χ1v) is 6.09. The van der Waals surface area contributed by atoms with E-state index in [1.807, 2.05) is 6.07 Å². The predicted molar refractivity (Wildman–Crippen MR) is 63.6 cm³/mol. The smallest absolute Gasteiger partial charge is 0.0365 e. The van der Waals surface area contributed by atoms with Crippen molar-refractivity contribution in [3.63, 3.8) is 0 Å². The van der Waals surface area contributed by atoms with Gasteiger partial charge in [0.15, 0.2) is 0 Å². The van der Waals surface area contributed by atoms with Gasteiger partial charge >= 0.3 is 0 Å². The number of alkyl halides is 1. The Bertz CT molecular complexity index is 310. The number of benzene rings is 1. The second kappa shape index (κ2) is 4.65. The summed E-state index contributed by atoms with van der Waals surface area (Å²) in [6.45, 7) is 0.926. The van der Waals surface area contributed by atoms with Gasteiger partial charge in [-0.05, 0) is 24.5 Å². The Morgan fingerprint density at radius 1 is 1.36 bits per heavy atom. The molecule has 76 valence electrons. The van der Waals surface area contributed by atoms with E-state index in [2.05, 4.69) is 39.4 Å². The Kier molecular flexibility index (Phi) is 3.47. The molecule has 0 amide bonds. The molecule has 1 aliphatic rings. The zero-order chi connectivity index (χ0) is 9.97. The Balaban J connectivity index is 1.83. The normalized spacial score (nSPS) is 25.9. The summed E-state index contributed by atoms with van der Waals surface area (Å²) in [4.78, 5) is 0. The van der Waals surface area contributed by atoms with Gasteiger partial charge in [-0.15, -0.1) is 11.6 Å². The zero-order valence-electron chi connectivity index (χ0n) is 7.84. The molecule has 0 saturated heterocycles. The molecule has 0 atom stereocenters. The van der Waals surface area contributed by atoms with E-state index in [0.29, 0.717) is 11.4 Å². The van der Waals surface area contributed by atoms with Crippen LogP contribution in [0.3, 0.4) is 0 Å². The first kappa shape index (κ1) is 10.5. The zero-order valence-corrected chi connectivity index (χ0v) is 10.2. The van der Waals surface area contributed by atoms with Crippen LogP contribution < -0.4 is 5.32 Å². The summed E-state index contributed by atoms with van der Waals surface area (Å²) in [7, 11) is 0. The highest BCUT2D eigenvalue weighted by Gasteiger charge is 2.26. The third-order valence-corrected chi connectivity index (χ3v) is 3.75. The van der Waals surface area contributed by atoms with Gasteiger partial charge in [0.2, 0.25) is 0 Å². The summed E-state index contributed by atoms with van der Waals surface area (Å²) in [5.41, 5.74) is 1.31. The monoisotopic (exact) mass is 273 g/mol. The van der Waals surface area contributed by atoms with Crippen LogP contribution in [0.5, 0.6) is 0 Å². The summed E-state index contributed by atoms with van der Waals surface area (Å²) in [6, 6.07) is 8.92. The van der Waals surface area contributed by atoms with Crippen molar-refractivity contribution in [1.29, 1.82) is 0 Å². The Morgan fingerprint density at radius 3 is 2.71 bits per heavy atom. The molecule has 1 saturated carbocycles. The van der Waals surface area contributed by atoms with Gasteiger partial charge in [-0.1, -0.05) is 34.1 Å². The fourth-order valence-electron chi connectivity index (χ4n) is 1.61. The van der Waals surface area contributed by atoms with E-state index in [4.69, 9.17) is 11.6 Å². The van der Waals surface area contributed by atoms with Crippen molar-refractivity contribution in [2.45, 2.75) is 30.8 Å². The van der Waals surface area contributed by atoms with Crippen LogP contribution in [-0.2, 0) is 6.54 Å². The highest BCUT2D eigenvalue weighted by molar-refractivity contribution is 9.10. The van der Waals surface area contributed by atoms with Crippen LogP contribution in [-0.4, -0.2) is 11.4 Å². The molecule has 14 heavy (non-hydrogen) atoms. The van der Waals surface area contributed by atoms with Gasteiger partial charge in [0, 0.05) is 22.4 Å². The van der Waals surface area contributed by atoms with Crippen LogP contribution in [0.2, 0.25) is 0 Å². The molecule has 0 spiro atoms. The molecule has 3 heteroatoms. The first-order valence-electron chi connectivity index (χ1n) is 4.86. The van der Waals surface area contributed by atoms with Crippen molar-refractivity contribution >= 4 is 27.5 Å². The minimum atomic E-state index is 0.395. The molecule has 1 aromatic carbocycles. The standard InChI is InChI=1S/C11H13BrClN/c12-11-4-2-1-3-8(11)7-14-10-5-9(13)6-10/h1-4,9-10,14H,5-7H2. The molecule has 0 bridgehead atoms. The fourth-order valence-corrected chi connectivity index (χ4v) is 2.47. The van der Waals surface area contributed by atoms with Crippen molar-refractivity contribution in [1.82, 2.24) is 5.32 Å². The predicted octanol–water partition coefficient (Wildman–Crippen LogP) is 3.31. The highest BCUT2D eigenvalue weighted by atomic mass is 79.9. The lowest BCUT2D eigenvalue weighted by atomic mass is 9.92. The topological polar surface area (TPSA) is 12.0 Å². The summed E-state index contributed by atoms with van der Waals surface area (Å²) < 4.78 is 1.18. The third-order valence-electron chi connectivity index (χ3n) is 2.62. The Hall–Kier alpha value is -0.0500. The maximum atomic E-state index is 5.91. The average molecular weight is 275 g/mol. The number of nitrogens with one attached hydrogen (secondary N) is 1. The van der Waals surface area contributed by atoms with Gasteiger partial charge in [0.1, 0.15) is 0 Å². The molecule has 1 aliphatic carbocycles. The van der Waals surface area contributed by atoms with Crippen LogP contribution in [0.25, 0.3) is 0 Å². The van der Waals surface area contributed by atoms with Gasteiger partial charge in [-0.2, -0.15) is 0 Å². The van der Waals surface area contributed by atoms with Crippen LogP contribution >= 0.6 is 27.5 Å². The van der Waals surface area contributed by atoms with Gasteiger partial charge < -0.3 is 5.32 Å². The van der Waals surface area contributed by atoms with Gasteiger partial charge in [-0.3, -0.25) is 0 Å². The molecule has 0 heterocycles. The van der Waals surface area contributed by atoms with Gasteiger partial charge in [0.25, 0.3) is 0 Å². The average Bonchev–Trinajstić information content (AvgIpc) is 2.13. The first-order chi connectivity index (χ1) is 6.75. The molecule has 0 aromatic heterocycles. The summed E-state index contributed by atoms with van der Waals surface area (Å²) in [5, 5.41) is 3.89. The molecule has 0 radical (unpaired) electrons. The summed E-state index contributed by atoms with van der Waals surface area (Å²) >= 11 is 9.44. The van der Waals surface area contributed by atoms with Crippen LogP contribution in [0.1, 0.15) is 18.4 Å². The maximum absolute atomic E-state index is 5.91. The number of halogens is 2. The molecular formula is C11H13BrClN. The van der Waals surface area contributed by atoms with E-state index in [9.17, 15) is 0 Å². The van der Waals surface area contributed by atoms with Crippen LogP contribution in [0.4, 0.5) is 0 Å². The van der Waals surface area contributed by atoms with E-state index in [0.717, 1.165) is 19.4 Å². The van der Waals surface area contributed by atoms with E-state index in [1.54, 1.807) is 0 Å². The van der Waals surface area contributed by atoms with Crippen molar-refractivity contribution in [3.8, 4) is 0 Å². The summed E-state index contributed by atoms with van der Waals surface area (Å²) in [6.07, 6.45) is 2.21. The van der Waals surface area contributed by atoms with Crippen LogP contribution in [0, 0.1) is 0 Å². The van der Waals surface area contributed by atoms with Crippen molar-refractivity contribution in [2.24, 2.45) is 0 Å². The maximum Gasteiger partial charge on any atom is 0.0365 e. The van der Waals surface area contributed by atoms with E-state index in [1.165, 1.54) is 10.0 Å². The molecule has 1 nitrogen and oxygen atoms in total. The second-order valence-corrected chi connectivity index (χ2v) is 5.21. The Labute approximate surface area is 98.0 Å². The number of rotatable bonds is 3.